The minimum atomic E-state index is -4.65. The Morgan fingerprint density at radius 2 is 1.70 bits per heavy atom. The van der Waals surface area contributed by atoms with Crippen LogP contribution >= 0.6 is 0 Å². The van der Waals surface area contributed by atoms with E-state index in [9.17, 15) is 34.0 Å². The van der Waals surface area contributed by atoms with E-state index in [1.165, 1.54) is 0 Å². The van der Waals surface area contributed by atoms with Gasteiger partial charge in [0.05, 0.1) is 37.6 Å². The quantitative estimate of drug-likeness (QED) is 0.237. The first kappa shape index (κ1) is 29.6. The molecule has 0 amide bonds. The number of hydrogen-bond acceptors (Lipinski definition) is 8. The van der Waals surface area contributed by atoms with E-state index in [-0.39, 0.29) is 52.4 Å². The molecule has 13 atom stereocenters. The summed E-state index contributed by atoms with van der Waals surface area (Å²) in [6.07, 6.45) is 4.54. The normalized spacial score (nSPS) is 46.4. The van der Waals surface area contributed by atoms with Crippen molar-refractivity contribution < 1.29 is 42.7 Å². The predicted octanol–water partition coefficient (Wildman–Crippen LogP) is 2.15. The summed E-state index contributed by atoms with van der Waals surface area (Å²) in [4.78, 5) is 0. The van der Waals surface area contributed by atoms with Crippen molar-refractivity contribution in [3.63, 3.8) is 0 Å². The maximum Gasteiger partial charge on any atom is 0.397 e. The lowest BCUT2D eigenvalue weighted by Gasteiger charge is -2.63. The lowest BCUT2D eigenvalue weighted by atomic mass is 9.43. The topological polar surface area (TPSA) is 165 Å². The molecule has 0 bridgehead atoms. The van der Waals surface area contributed by atoms with E-state index in [2.05, 4.69) is 25.0 Å². The Kier molecular flexibility index (Phi) is 8.75. The smallest absolute Gasteiger partial charge is 0.396 e. The molecular weight excluding hydrogens is 500 g/mol. The third-order valence-electron chi connectivity index (χ3n) is 11.6. The van der Waals surface area contributed by atoms with Crippen molar-refractivity contribution >= 4 is 10.4 Å². The van der Waals surface area contributed by atoms with Gasteiger partial charge in [0.15, 0.2) is 0 Å². The molecule has 0 heterocycles. The van der Waals surface area contributed by atoms with Crippen LogP contribution in [-0.2, 0) is 14.6 Å². The second-order valence-electron chi connectivity index (χ2n) is 13.3. The SMILES string of the molecule is C[C@@H](CC[C@H](O)[C@@H](CO)COS(=O)(=O)O)C1CCC2C3C(O)CC4C[C@@H](O)CCC4(C)C3CC(O)C21C. The van der Waals surface area contributed by atoms with E-state index in [4.69, 9.17) is 4.55 Å². The molecule has 0 aromatic carbocycles. The molecule has 0 aromatic heterocycles. The molecule has 0 saturated heterocycles. The van der Waals surface area contributed by atoms with Crippen molar-refractivity contribution in [2.75, 3.05) is 13.2 Å². The first-order valence-electron chi connectivity index (χ1n) is 14.2. The highest BCUT2D eigenvalue weighted by Crippen LogP contribution is 2.68. The van der Waals surface area contributed by atoms with Crippen LogP contribution in [-0.4, -0.2) is 76.1 Å². The molecule has 10 heteroatoms. The van der Waals surface area contributed by atoms with Gasteiger partial charge in [-0.25, -0.2) is 4.18 Å². The fraction of sp³-hybridized carbons (Fsp3) is 1.00. The first-order valence-corrected chi connectivity index (χ1v) is 15.5. The van der Waals surface area contributed by atoms with Gasteiger partial charge in [-0.3, -0.25) is 4.55 Å². The Bertz CT molecular complexity index is 898. The zero-order chi connectivity index (χ0) is 27.3. The van der Waals surface area contributed by atoms with Crippen molar-refractivity contribution in [1.82, 2.24) is 0 Å². The molecule has 37 heavy (non-hydrogen) atoms. The number of aliphatic hydroxyl groups is 5. The summed E-state index contributed by atoms with van der Waals surface area (Å²) in [6, 6.07) is 0. The number of hydrogen-bond donors (Lipinski definition) is 6. The zero-order valence-electron chi connectivity index (χ0n) is 22.4. The van der Waals surface area contributed by atoms with E-state index >= 15 is 0 Å². The Morgan fingerprint density at radius 1 is 1.00 bits per heavy atom. The van der Waals surface area contributed by atoms with E-state index in [0.717, 1.165) is 38.5 Å². The molecule has 9 unspecified atom stereocenters. The highest BCUT2D eigenvalue weighted by atomic mass is 32.3. The number of rotatable bonds is 9. The fourth-order valence-electron chi connectivity index (χ4n) is 9.46. The minimum Gasteiger partial charge on any atom is -0.396 e. The third-order valence-corrected chi connectivity index (χ3v) is 12.1. The summed E-state index contributed by atoms with van der Waals surface area (Å²) >= 11 is 0. The van der Waals surface area contributed by atoms with Gasteiger partial charge in [-0.2, -0.15) is 8.42 Å². The van der Waals surface area contributed by atoms with Gasteiger partial charge < -0.3 is 25.5 Å². The third kappa shape index (κ3) is 5.51. The standard InChI is InChI=1S/C27H48O9S/c1-15(4-7-22(30)16(13-28)14-36-37(33,34)35)19-5-6-20-25-21(12-24(32)27(19,20)3)26(2)9-8-18(29)10-17(26)11-23(25)31/h15-25,28-32H,4-14H2,1-3H3,(H,33,34,35)/t15-,16-,17?,18-,19?,20?,21?,22-,23?,24?,25?,26?,27?/m0/s1. The molecule has 4 saturated carbocycles. The average molecular weight is 549 g/mol. The maximum atomic E-state index is 11.7. The largest absolute Gasteiger partial charge is 0.397 e. The molecule has 216 valence electrons. The van der Waals surface area contributed by atoms with Gasteiger partial charge in [0.25, 0.3) is 0 Å². The van der Waals surface area contributed by atoms with Gasteiger partial charge in [-0.15, -0.1) is 0 Å². The van der Waals surface area contributed by atoms with Crippen LogP contribution in [0.4, 0.5) is 0 Å². The molecular formula is C27H48O9S. The molecule has 0 aliphatic heterocycles. The van der Waals surface area contributed by atoms with Crippen molar-refractivity contribution in [3.8, 4) is 0 Å². The second kappa shape index (κ2) is 10.9. The van der Waals surface area contributed by atoms with Crippen LogP contribution in [0.1, 0.15) is 78.6 Å². The van der Waals surface area contributed by atoms with Crippen LogP contribution in [0.5, 0.6) is 0 Å². The highest BCUT2D eigenvalue weighted by Gasteiger charge is 2.65. The van der Waals surface area contributed by atoms with Crippen molar-refractivity contribution in [3.05, 3.63) is 0 Å². The van der Waals surface area contributed by atoms with Crippen LogP contribution in [0.2, 0.25) is 0 Å². The van der Waals surface area contributed by atoms with E-state index in [1.807, 2.05) is 0 Å². The van der Waals surface area contributed by atoms with E-state index in [0.29, 0.717) is 19.3 Å². The molecule has 0 radical (unpaired) electrons. The molecule has 0 aromatic rings. The maximum absolute atomic E-state index is 11.7. The molecule has 4 rings (SSSR count). The summed E-state index contributed by atoms with van der Waals surface area (Å²) in [6.45, 7) is 5.67. The summed E-state index contributed by atoms with van der Waals surface area (Å²) in [5.74, 6) is 0.439. The second-order valence-corrected chi connectivity index (χ2v) is 14.4. The monoisotopic (exact) mass is 548 g/mol. The summed E-state index contributed by atoms with van der Waals surface area (Å²) in [5, 5.41) is 53.5. The minimum absolute atomic E-state index is 0.0304. The van der Waals surface area contributed by atoms with Crippen LogP contribution < -0.4 is 0 Å². The van der Waals surface area contributed by atoms with Crippen LogP contribution in [0.15, 0.2) is 0 Å². The summed E-state index contributed by atoms with van der Waals surface area (Å²) < 4.78 is 34.9. The van der Waals surface area contributed by atoms with Crippen molar-refractivity contribution in [1.29, 1.82) is 0 Å². The summed E-state index contributed by atoms with van der Waals surface area (Å²) in [5.41, 5.74) is -0.309. The predicted molar refractivity (Wildman–Crippen MR) is 136 cm³/mol. The Morgan fingerprint density at radius 3 is 2.35 bits per heavy atom. The molecule has 9 nitrogen and oxygen atoms in total. The van der Waals surface area contributed by atoms with Gasteiger partial charge >= 0.3 is 10.4 Å². The Labute approximate surface area is 221 Å². The molecule has 4 aliphatic carbocycles. The van der Waals surface area contributed by atoms with Crippen LogP contribution in [0.25, 0.3) is 0 Å². The Balaban J connectivity index is 1.45. The zero-order valence-corrected chi connectivity index (χ0v) is 23.3. The fourth-order valence-corrected chi connectivity index (χ4v) is 9.81. The van der Waals surface area contributed by atoms with Crippen LogP contribution in [0, 0.1) is 52.3 Å². The van der Waals surface area contributed by atoms with E-state index in [1.54, 1.807) is 0 Å². The van der Waals surface area contributed by atoms with Gasteiger partial charge in [0.1, 0.15) is 0 Å². The molecule has 4 fully saturated rings. The van der Waals surface area contributed by atoms with Crippen molar-refractivity contribution in [2.24, 2.45) is 52.3 Å². The van der Waals surface area contributed by atoms with Crippen LogP contribution in [0.3, 0.4) is 0 Å². The molecule has 6 N–H and O–H groups in total. The first-order chi connectivity index (χ1) is 17.2. The lowest BCUT2D eigenvalue weighted by Crippen LogP contribution is -2.62. The molecule has 4 aliphatic rings. The Hall–Kier alpha value is -0.330. The average Bonchev–Trinajstić information content (AvgIpc) is 3.17. The van der Waals surface area contributed by atoms with Gasteiger partial charge in [0.2, 0.25) is 0 Å². The van der Waals surface area contributed by atoms with Gasteiger partial charge in [-0.1, -0.05) is 20.8 Å². The van der Waals surface area contributed by atoms with Gasteiger partial charge in [-0.05, 0) is 104 Å². The highest BCUT2D eigenvalue weighted by molar-refractivity contribution is 7.80. The number of aliphatic hydroxyl groups excluding tert-OH is 5. The van der Waals surface area contributed by atoms with E-state index < -0.39 is 47.8 Å². The molecule has 0 spiro atoms. The summed E-state index contributed by atoms with van der Waals surface area (Å²) in [7, 11) is -4.65. The number of fused-ring (bicyclic) bond motifs is 5. The van der Waals surface area contributed by atoms with Crippen molar-refractivity contribution in [2.45, 2.75) is 103 Å². The van der Waals surface area contributed by atoms with Gasteiger partial charge in [0, 0.05) is 5.92 Å². The lowest BCUT2D eigenvalue weighted by molar-refractivity contribution is -0.207.